The van der Waals surface area contributed by atoms with Crippen LogP contribution in [0.15, 0.2) is 23.9 Å². The Labute approximate surface area is 47.3 Å². The number of aliphatic hydroxyl groups is 1. The van der Waals surface area contributed by atoms with E-state index in [0.29, 0.717) is 5.70 Å². The minimum Gasteiger partial charge on any atom is -0.479 e. The summed E-state index contributed by atoms with van der Waals surface area (Å²) in [5.74, 6) is -0.0625. The molecular formula is C5H7NO2. The van der Waals surface area contributed by atoms with Crippen LogP contribution < -0.4 is 5.32 Å². The molecule has 8 heavy (non-hydrogen) atoms. The maximum Gasteiger partial charge on any atom is 0.301 e. The average Bonchev–Trinajstić information content (AvgIpc) is 1.62. The van der Waals surface area contributed by atoms with Crippen LogP contribution in [0.5, 0.6) is 0 Å². The third-order valence-corrected chi connectivity index (χ3v) is 0.913. The summed E-state index contributed by atoms with van der Waals surface area (Å²) in [4.78, 5) is 0. The molecule has 1 rings (SSSR count). The fourth-order valence-electron chi connectivity index (χ4n) is 0.410. The molecule has 1 aliphatic heterocycles. The summed E-state index contributed by atoms with van der Waals surface area (Å²) in [7, 11) is 1.41. The second-order valence-electron chi connectivity index (χ2n) is 1.40. The van der Waals surface area contributed by atoms with Gasteiger partial charge in [-0.15, -0.1) is 0 Å². The van der Waals surface area contributed by atoms with E-state index in [1.807, 2.05) is 0 Å². The molecule has 0 aromatic heterocycles. The molecule has 0 bridgehead atoms. The van der Waals surface area contributed by atoms with E-state index in [1.54, 1.807) is 12.3 Å². The van der Waals surface area contributed by atoms with Gasteiger partial charge in [-0.3, -0.25) is 0 Å². The van der Waals surface area contributed by atoms with E-state index >= 15 is 0 Å². The molecule has 0 saturated carbocycles. The molecule has 0 saturated heterocycles. The largest absolute Gasteiger partial charge is 0.479 e. The van der Waals surface area contributed by atoms with Gasteiger partial charge in [0, 0.05) is 6.20 Å². The summed E-state index contributed by atoms with van der Waals surface area (Å²) in [6, 6.07) is 0. The summed E-state index contributed by atoms with van der Waals surface area (Å²) in [5, 5.41) is 11.4. The molecule has 0 aliphatic carbocycles. The van der Waals surface area contributed by atoms with Crippen LogP contribution in [-0.4, -0.2) is 12.2 Å². The fraction of sp³-hybridized carbons (Fsp3) is 0.200. The molecule has 1 aliphatic rings. The summed E-state index contributed by atoms with van der Waals surface area (Å²) < 4.78 is 4.48. The molecule has 0 aromatic rings. The predicted molar refractivity (Wildman–Crippen MR) is 28.9 cm³/mol. The second-order valence-corrected chi connectivity index (χ2v) is 1.40. The van der Waals surface area contributed by atoms with Crippen molar-refractivity contribution in [1.82, 2.24) is 5.32 Å². The molecule has 0 amide bonds. The van der Waals surface area contributed by atoms with Crippen molar-refractivity contribution in [2.45, 2.75) is 0 Å². The lowest BCUT2D eigenvalue weighted by Gasteiger charge is -2.10. The predicted octanol–water partition coefficient (Wildman–Crippen LogP) is 0.477. The van der Waals surface area contributed by atoms with Crippen molar-refractivity contribution in [1.29, 1.82) is 0 Å². The zero-order valence-corrected chi connectivity index (χ0v) is 4.51. The smallest absolute Gasteiger partial charge is 0.301 e. The van der Waals surface area contributed by atoms with Crippen molar-refractivity contribution in [2.75, 3.05) is 7.11 Å². The molecule has 3 heteroatoms. The van der Waals surface area contributed by atoms with Crippen molar-refractivity contribution < 1.29 is 9.84 Å². The van der Waals surface area contributed by atoms with Gasteiger partial charge in [-0.25, -0.2) is 0 Å². The van der Waals surface area contributed by atoms with Crippen molar-refractivity contribution in [3.63, 3.8) is 0 Å². The summed E-state index contributed by atoms with van der Waals surface area (Å²) in [5.41, 5.74) is 0.632. The Morgan fingerprint density at radius 1 is 1.88 bits per heavy atom. The SMILES string of the molecule is COC(O)=C1C=CN1. The third kappa shape index (κ3) is 0.621. The molecule has 1 heterocycles. The van der Waals surface area contributed by atoms with E-state index in [9.17, 15) is 0 Å². The van der Waals surface area contributed by atoms with Gasteiger partial charge in [0.15, 0.2) is 0 Å². The van der Waals surface area contributed by atoms with Gasteiger partial charge in [-0.05, 0) is 6.08 Å². The van der Waals surface area contributed by atoms with Gasteiger partial charge in [0.25, 0.3) is 0 Å². The summed E-state index contributed by atoms with van der Waals surface area (Å²) in [6.45, 7) is 0. The average molecular weight is 113 g/mol. The van der Waals surface area contributed by atoms with Crippen LogP contribution >= 0.6 is 0 Å². The minimum atomic E-state index is -0.0625. The van der Waals surface area contributed by atoms with E-state index < -0.39 is 0 Å². The van der Waals surface area contributed by atoms with Gasteiger partial charge in [-0.1, -0.05) is 0 Å². The van der Waals surface area contributed by atoms with Crippen LogP contribution in [0.3, 0.4) is 0 Å². The highest BCUT2D eigenvalue weighted by Crippen LogP contribution is 2.05. The zero-order valence-electron chi connectivity index (χ0n) is 4.51. The minimum absolute atomic E-state index is 0.0625. The van der Waals surface area contributed by atoms with Crippen molar-refractivity contribution in [3.8, 4) is 0 Å². The van der Waals surface area contributed by atoms with Gasteiger partial charge < -0.3 is 15.2 Å². The maximum absolute atomic E-state index is 8.72. The second kappa shape index (κ2) is 1.78. The zero-order chi connectivity index (χ0) is 5.98. The lowest BCUT2D eigenvalue weighted by molar-refractivity contribution is 0.130. The lowest BCUT2D eigenvalue weighted by Crippen LogP contribution is -2.15. The quantitative estimate of drug-likeness (QED) is 0.486. The molecule has 2 N–H and O–H groups in total. The molecule has 0 unspecified atom stereocenters. The number of allylic oxidation sites excluding steroid dienone is 1. The Hall–Kier alpha value is -1.12. The Morgan fingerprint density at radius 3 is 2.62 bits per heavy atom. The number of hydrogen-bond donors (Lipinski definition) is 2. The Kier molecular flexibility index (Phi) is 1.12. The highest BCUT2D eigenvalue weighted by molar-refractivity contribution is 5.27. The summed E-state index contributed by atoms with van der Waals surface area (Å²) >= 11 is 0. The van der Waals surface area contributed by atoms with Gasteiger partial charge in [0.1, 0.15) is 5.70 Å². The topological polar surface area (TPSA) is 41.5 Å². The third-order valence-electron chi connectivity index (χ3n) is 0.913. The van der Waals surface area contributed by atoms with Gasteiger partial charge in [-0.2, -0.15) is 0 Å². The molecular weight excluding hydrogens is 106 g/mol. The Morgan fingerprint density at radius 2 is 2.50 bits per heavy atom. The van der Waals surface area contributed by atoms with Crippen molar-refractivity contribution in [2.24, 2.45) is 0 Å². The number of ether oxygens (including phenoxy) is 1. The van der Waals surface area contributed by atoms with E-state index in [2.05, 4.69) is 10.1 Å². The first kappa shape index (κ1) is 5.03. The van der Waals surface area contributed by atoms with E-state index in [-0.39, 0.29) is 5.95 Å². The molecule has 0 fully saturated rings. The van der Waals surface area contributed by atoms with E-state index in [1.165, 1.54) is 7.11 Å². The van der Waals surface area contributed by atoms with E-state index in [4.69, 9.17) is 5.11 Å². The van der Waals surface area contributed by atoms with Gasteiger partial charge >= 0.3 is 5.95 Å². The van der Waals surface area contributed by atoms with Crippen molar-refractivity contribution in [3.05, 3.63) is 23.9 Å². The van der Waals surface area contributed by atoms with Gasteiger partial charge in [0.05, 0.1) is 7.11 Å². The standard InChI is InChI=1S/C5H7NO2/c1-8-5(7)4-2-3-6-4/h2-3,6-7H,1H3. The van der Waals surface area contributed by atoms with Crippen LogP contribution in [-0.2, 0) is 4.74 Å². The number of rotatable bonds is 1. The molecule has 0 atom stereocenters. The number of hydrogen-bond acceptors (Lipinski definition) is 3. The highest BCUT2D eigenvalue weighted by atomic mass is 16.6. The first-order chi connectivity index (χ1) is 3.84. The fourth-order valence-corrected chi connectivity index (χ4v) is 0.410. The Bertz CT molecular complexity index is 149. The Balaban J connectivity index is 2.63. The molecule has 0 aromatic carbocycles. The maximum atomic E-state index is 8.72. The van der Waals surface area contributed by atoms with Crippen LogP contribution in [0.2, 0.25) is 0 Å². The van der Waals surface area contributed by atoms with Crippen LogP contribution in [0.1, 0.15) is 0 Å². The van der Waals surface area contributed by atoms with Crippen LogP contribution in [0.4, 0.5) is 0 Å². The number of aliphatic hydroxyl groups excluding tert-OH is 1. The summed E-state index contributed by atoms with van der Waals surface area (Å²) in [6.07, 6.45) is 3.43. The first-order valence-electron chi connectivity index (χ1n) is 2.25. The number of methoxy groups -OCH3 is 1. The molecule has 3 nitrogen and oxygen atoms in total. The molecule has 0 spiro atoms. The normalized spacial score (nSPS) is 21.1. The molecule has 44 valence electrons. The van der Waals surface area contributed by atoms with Crippen molar-refractivity contribution >= 4 is 0 Å². The first-order valence-corrected chi connectivity index (χ1v) is 2.25. The van der Waals surface area contributed by atoms with Gasteiger partial charge in [0.2, 0.25) is 0 Å². The number of nitrogens with one attached hydrogen (secondary N) is 1. The lowest BCUT2D eigenvalue weighted by atomic mass is 10.3. The molecule has 0 radical (unpaired) electrons. The highest BCUT2D eigenvalue weighted by Gasteiger charge is 2.04. The van der Waals surface area contributed by atoms with E-state index in [0.717, 1.165) is 0 Å². The van der Waals surface area contributed by atoms with Crippen LogP contribution in [0, 0.1) is 0 Å². The van der Waals surface area contributed by atoms with Crippen LogP contribution in [0.25, 0.3) is 0 Å². The monoisotopic (exact) mass is 113 g/mol.